The summed E-state index contributed by atoms with van der Waals surface area (Å²) < 4.78 is 20.0. The highest BCUT2D eigenvalue weighted by molar-refractivity contribution is 6.87. The first-order valence-electron chi connectivity index (χ1n) is 10.2. The zero-order chi connectivity index (χ0) is 18.6. The van der Waals surface area contributed by atoms with Crippen molar-refractivity contribution in [1.29, 1.82) is 0 Å². The predicted molar refractivity (Wildman–Crippen MR) is 112 cm³/mol. The van der Waals surface area contributed by atoms with Crippen molar-refractivity contribution < 1.29 is 13.0 Å². The van der Waals surface area contributed by atoms with E-state index in [1.165, 1.54) is 0 Å². The van der Waals surface area contributed by atoms with Crippen molar-refractivity contribution in [1.82, 2.24) is 0 Å². The maximum atomic E-state index is 6.99. The molecule has 0 aromatic heterocycles. The Kier molecular flexibility index (Phi) is 10.9. The van der Waals surface area contributed by atoms with Gasteiger partial charge in [0.2, 0.25) is 0 Å². The largest absolute Gasteiger partial charge is 0.526 e. The van der Waals surface area contributed by atoms with Gasteiger partial charge in [-0.3, -0.25) is 0 Å². The number of benzene rings is 1. The second-order valence-electron chi connectivity index (χ2n) is 6.67. The zero-order valence-corrected chi connectivity index (χ0v) is 19.0. The predicted octanol–water partition coefficient (Wildman–Crippen LogP) is 5.49. The fraction of sp³-hybridized carbons (Fsp3) is 0.700. The van der Waals surface area contributed by atoms with Gasteiger partial charge in [0.1, 0.15) is 0 Å². The molecule has 0 atom stereocenters. The normalized spacial score (nSPS) is 12.5. The first-order chi connectivity index (χ1) is 12.1. The zero-order valence-electron chi connectivity index (χ0n) is 17.0. The first-order valence-corrected chi connectivity index (χ1v) is 14.4. The van der Waals surface area contributed by atoms with Crippen LogP contribution in [0.3, 0.4) is 0 Å². The van der Waals surface area contributed by atoms with Crippen LogP contribution in [-0.2, 0) is 13.0 Å². The minimum atomic E-state index is -2.88. The second kappa shape index (κ2) is 12.0. The number of unbranched alkanes of at least 4 members (excludes halogenated alkanes) is 2. The molecule has 5 heteroatoms. The molecular weight excluding hydrogens is 344 g/mol. The molecule has 1 aromatic carbocycles. The van der Waals surface area contributed by atoms with E-state index in [2.05, 4.69) is 58.9 Å². The minimum absolute atomic E-state index is 0.714. The highest BCUT2D eigenvalue weighted by Gasteiger charge is 2.49. The van der Waals surface area contributed by atoms with Gasteiger partial charge in [0, 0.05) is 18.4 Å². The summed E-state index contributed by atoms with van der Waals surface area (Å²) in [5, 5.41) is 1.12. The minimum Gasteiger partial charge on any atom is -0.412 e. The van der Waals surface area contributed by atoms with Gasteiger partial charge in [-0.1, -0.05) is 77.8 Å². The molecular formula is C20H38O3Si2. The van der Waals surface area contributed by atoms with Crippen molar-refractivity contribution in [2.45, 2.75) is 78.4 Å². The topological polar surface area (TPSA) is 27.7 Å². The maximum Gasteiger partial charge on any atom is 0.526 e. The number of rotatable bonds is 14. The molecule has 0 aliphatic carbocycles. The smallest absolute Gasteiger partial charge is 0.412 e. The van der Waals surface area contributed by atoms with Crippen LogP contribution in [0.1, 0.15) is 60.3 Å². The summed E-state index contributed by atoms with van der Waals surface area (Å²) in [5.74, 6) is 0. The monoisotopic (exact) mass is 382 g/mol. The fourth-order valence-electron chi connectivity index (χ4n) is 2.92. The lowest BCUT2D eigenvalue weighted by Crippen LogP contribution is -2.63. The van der Waals surface area contributed by atoms with Crippen LogP contribution in [0.5, 0.6) is 0 Å². The lowest BCUT2D eigenvalue weighted by atomic mass is 10.4. The van der Waals surface area contributed by atoms with Gasteiger partial charge in [-0.25, -0.2) is 0 Å². The molecule has 0 fully saturated rings. The van der Waals surface area contributed by atoms with Gasteiger partial charge in [0.15, 0.2) is 8.32 Å². The first kappa shape index (κ1) is 22.6. The Labute approximate surface area is 157 Å². The molecule has 0 unspecified atom stereocenters. The summed E-state index contributed by atoms with van der Waals surface area (Å²) in [6.45, 7) is 12.6. The van der Waals surface area contributed by atoms with Crippen LogP contribution in [0.15, 0.2) is 30.3 Å². The summed E-state index contributed by atoms with van der Waals surface area (Å²) in [4.78, 5) is 0. The Morgan fingerprint density at radius 2 is 1.20 bits per heavy atom. The van der Waals surface area contributed by atoms with E-state index in [4.69, 9.17) is 13.0 Å². The van der Waals surface area contributed by atoms with Gasteiger partial charge < -0.3 is 13.0 Å². The summed E-state index contributed by atoms with van der Waals surface area (Å²) in [5.41, 5.74) is 0. The van der Waals surface area contributed by atoms with Gasteiger partial charge >= 0.3 is 8.80 Å². The van der Waals surface area contributed by atoms with Gasteiger partial charge in [-0.15, -0.1) is 0 Å². The Morgan fingerprint density at radius 3 is 1.60 bits per heavy atom. The van der Waals surface area contributed by atoms with Crippen molar-refractivity contribution in [3.63, 3.8) is 0 Å². The molecule has 0 amide bonds. The molecule has 1 rings (SSSR count). The van der Waals surface area contributed by atoms with Crippen LogP contribution in [0.4, 0.5) is 0 Å². The fourth-order valence-corrected chi connectivity index (χ4v) is 11.2. The Hall–Kier alpha value is -0.466. The molecule has 25 heavy (non-hydrogen) atoms. The molecule has 0 spiro atoms. The van der Waals surface area contributed by atoms with E-state index in [1.54, 1.807) is 0 Å². The van der Waals surface area contributed by atoms with Crippen LogP contribution in [0.2, 0.25) is 18.1 Å². The molecule has 0 aliphatic heterocycles. The molecule has 0 saturated carbocycles. The molecule has 144 valence electrons. The van der Waals surface area contributed by atoms with Crippen molar-refractivity contribution >= 4 is 22.3 Å². The number of hydrogen-bond acceptors (Lipinski definition) is 3. The van der Waals surface area contributed by atoms with E-state index in [-0.39, 0.29) is 0 Å². The van der Waals surface area contributed by atoms with Crippen molar-refractivity contribution in [3.8, 4) is 0 Å². The SMILES string of the molecule is CCCCO[Si](OCCCC)(O[Si](CC)(CC)CC)c1ccccc1. The molecule has 0 heterocycles. The summed E-state index contributed by atoms with van der Waals surface area (Å²) >= 11 is 0. The lowest BCUT2D eigenvalue weighted by Gasteiger charge is -2.39. The van der Waals surface area contributed by atoms with Crippen LogP contribution >= 0.6 is 0 Å². The molecule has 0 radical (unpaired) electrons. The highest BCUT2D eigenvalue weighted by atomic mass is 28.5. The number of hydrogen-bond donors (Lipinski definition) is 0. The van der Waals surface area contributed by atoms with Gasteiger partial charge in [-0.05, 0) is 31.0 Å². The van der Waals surface area contributed by atoms with Crippen molar-refractivity contribution in [2.24, 2.45) is 0 Å². The van der Waals surface area contributed by atoms with E-state index in [0.29, 0.717) is 13.2 Å². The average Bonchev–Trinajstić information content (AvgIpc) is 2.67. The second-order valence-corrected chi connectivity index (χ2v) is 14.2. The third kappa shape index (κ3) is 6.64. The van der Waals surface area contributed by atoms with Gasteiger partial charge in [0.05, 0.1) is 0 Å². The Morgan fingerprint density at radius 1 is 0.720 bits per heavy atom. The molecule has 0 saturated heterocycles. The summed E-state index contributed by atoms with van der Waals surface area (Å²) in [6, 6.07) is 13.8. The van der Waals surface area contributed by atoms with E-state index in [0.717, 1.165) is 49.0 Å². The molecule has 1 aromatic rings. The van der Waals surface area contributed by atoms with Crippen molar-refractivity contribution in [2.75, 3.05) is 13.2 Å². The van der Waals surface area contributed by atoms with Crippen LogP contribution < -0.4 is 5.19 Å². The maximum absolute atomic E-state index is 6.99. The van der Waals surface area contributed by atoms with E-state index >= 15 is 0 Å². The van der Waals surface area contributed by atoms with E-state index < -0.39 is 17.1 Å². The van der Waals surface area contributed by atoms with Gasteiger partial charge in [-0.2, -0.15) is 0 Å². The Balaban J connectivity index is 3.21. The summed E-state index contributed by atoms with van der Waals surface area (Å²) in [7, 11) is -4.73. The molecule has 0 aliphatic rings. The molecule has 0 bridgehead atoms. The van der Waals surface area contributed by atoms with Crippen LogP contribution in [0, 0.1) is 0 Å². The molecule has 0 N–H and O–H groups in total. The third-order valence-corrected chi connectivity index (χ3v) is 13.9. The standard InChI is InChI=1S/C20H38O3Si2/c1-6-11-18-21-25(22-19-12-7-2,20-16-14-13-15-17-20)23-24(8-3,9-4)10-5/h13-17H,6-12,18-19H2,1-5H3. The van der Waals surface area contributed by atoms with E-state index in [1.807, 2.05) is 6.07 Å². The van der Waals surface area contributed by atoms with Crippen LogP contribution in [-0.4, -0.2) is 30.3 Å². The van der Waals surface area contributed by atoms with E-state index in [9.17, 15) is 0 Å². The molecule has 3 nitrogen and oxygen atoms in total. The van der Waals surface area contributed by atoms with Gasteiger partial charge in [0.25, 0.3) is 0 Å². The quantitative estimate of drug-likeness (QED) is 0.315. The highest BCUT2D eigenvalue weighted by Crippen LogP contribution is 2.28. The summed E-state index contributed by atoms with van der Waals surface area (Å²) in [6.07, 6.45) is 4.32. The Bertz CT molecular complexity index is 431. The lowest BCUT2D eigenvalue weighted by molar-refractivity contribution is 0.113. The average molecular weight is 383 g/mol. The van der Waals surface area contributed by atoms with Crippen LogP contribution in [0.25, 0.3) is 0 Å². The third-order valence-electron chi connectivity index (χ3n) is 4.99. The van der Waals surface area contributed by atoms with Crippen molar-refractivity contribution in [3.05, 3.63) is 30.3 Å².